The first-order valence-electron chi connectivity index (χ1n) is 7.90. The fourth-order valence-corrected chi connectivity index (χ4v) is 2.88. The van der Waals surface area contributed by atoms with Crippen molar-refractivity contribution in [1.82, 2.24) is 5.32 Å². The summed E-state index contributed by atoms with van der Waals surface area (Å²) in [6.07, 6.45) is 2.00. The number of anilines is 1. The number of nitrogens with one attached hydrogen (secondary N) is 2. The summed E-state index contributed by atoms with van der Waals surface area (Å²) >= 11 is 14.2. The number of carbonyl (C=O) groups is 1. The first-order chi connectivity index (χ1) is 12.4. The Labute approximate surface area is 170 Å². The molecule has 1 amide bonds. The lowest BCUT2D eigenvalue weighted by molar-refractivity contribution is 0.0977. The molecule has 2 aromatic rings. The molecule has 8 heteroatoms. The van der Waals surface area contributed by atoms with Crippen LogP contribution in [0.5, 0.6) is 5.75 Å². The molecule has 2 aromatic carbocycles. The van der Waals surface area contributed by atoms with Crippen LogP contribution in [0.4, 0.5) is 10.1 Å². The van der Waals surface area contributed by atoms with E-state index >= 15 is 0 Å². The van der Waals surface area contributed by atoms with Gasteiger partial charge in [-0.25, -0.2) is 4.39 Å². The molecule has 0 aromatic heterocycles. The molecule has 0 fully saturated rings. The van der Waals surface area contributed by atoms with Gasteiger partial charge in [0.2, 0.25) is 0 Å². The minimum atomic E-state index is -0.529. The SMILES string of the molecule is CCCCOc1ccc(C(=O)NC(=S)Nc2ccc(F)c(Cl)c2)cc1Br. The molecule has 0 aliphatic rings. The summed E-state index contributed by atoms with van der Waals surface area (Å²) in [7, 11) is 0. The van der Waals surface area contributed by atoms with Gasteiger partial charge in [0.1, 0.15) is 11.6 Å². The van der Waals surface area contributed by atoms with E-state index in [9.17, 15) is 9.18 Å². The Hall–Kier alpha value is -1.70. The summed E-state index contributed by atoms with van der Waals surface area (Å²) in [5, 5.41) is 5.39. The maximum atomic E-state index is 13.2. The molecule has 0 spiro atoms. The van der Waals surface area contributed by atoms with Crippen molar-refractivity contribution in [1.29, 1.82) is 0 Å². The van der Waals surface area contributed by atoms with E-state index in [0.29, 0.717) is 28.1 Å². The first kappa shape index (κ1) is 20.6. The van der Waals surface area contributed by atoms with E-state index in [0.717, 1.165) is 12.8 Å². The Morgan fingerprint density at radius 1 is 1.31 bits per heavy atom. The average Bonchev–Trinajstić information content (AvgIpc) is 2.59. The summed E-state index contributed by atoms with van der Waals surface area (Å²) in [6, 6.07) is 9.11. The van der Waals surface area contributed by atoms with Gasteiger partial charge in [0.05, 0.1) is 16.1 Å². The summed E-state index contributed by atoms with van der Waals surface area (Å²) in [5.74, 6) is -0.230. The van der Waals surface area contributed by atoms with Crippen molar-refractivity contribution in [3.8, 4) is 5.75 Å². The third-order valence-corrected chi connectivity index (χ3v) is 4.47. The van der Waals surface area contributed by atoms with Gasteiger partial charge in [-0.2, -0.15) is 0 Å². The number of unbranched alkanes of at least 4 members (excludes halogenated alkanes) is 1. The van der Waals surface area contributed by atoms with E-state index < -0.39 is 5.82 Å². The zero-order valence-electron chi connectivity index (χ0n) is 13.9. The molecule has 0 radical (unpaired) electrons. The Bertz CT molecular complexity index is 820. The van der Waals surface area contributed by atoms with Crippen LogP contribution < -0.4 is 15.4 Å². The minimum absolute atomic E-state index is 0.0354. The molecule has 138 valence electrons. The predicted octanol–water partition coefficient (Wildman–Crippen LogP) is 5.55. The van der Waals surface area contributed by atoms with E-state index in [1.165, 1.54) is 18.2 Å². The van der Waals surface area contributed by atoms with Gasteiger partial charge in [0, 0.05) is 11.3 Å². The number of halogens is 3. The van der Waals surface area contributed by atoms with Gasteiger partial charge >= 0.3 is 0 Å². The van der Waals surface area contributed by atoms with Gasteiger partial charge < -0.3 is 10.1 Å². The Morgan fingerprint density at radius 3 is 2.73 bits per heavy atom. The Kier molecular flexibility index (Phi) is 7.81. The molecule has 2 rings (SSSR count). The highest BCUT2D eigenvalue weighted by atomic mass is 79.9. The molecule has 26 heavy (non-hydrogen) atoms. The highest BCUT2D eigenvalue weighted by molar-refractivity contribution is 9.10. The number of amides is 1. The van der Waals surface area contributed by atoms with E-state index in [1.807, 2.05) is 0 Å². The van der Waals surface area contributed by atoms with Gasteiger partial charge in [0.25, 0.3) is 5.91 Å². The van der Waals surface area contributed by atoms with Gasteiger partial charge in [0.15, 0.2) is 5.11 Å². The van der Waals surface area contributed by atoms with Crippen LogP contribution in [0.15, 0.2) is 40.9 Å². The van der Waals surface area contributed by atoms with Crippen molar-refractivity contribution < 1.29 is 13.9 Å². The van der Waals surface area contributed by atoms with Crippen LogP contribution in [0.2, 0.25) is 5.02 Å². The zero-order chi connectivity index (χ0) is 19.1. The Morgan fingerprint density at radius 2 is 2.08 bits per heavy atom. The minimum Gasteiger partial charge on any atom is -0.492 e. The van der Waals surface area contributed by atoms with E-state index in [1.54, 1.807) is 18.2 Å². The fraction of sp³-hybridized carbons (Fsp3) is 0.222. The van der Waals surface area contributed by atoms with Gasteiger partial charge in [-0.05, 0) is 71.0 Å². The molecule has 4 nitrogen and oxygen atoms in total. The summed E-state index contributed by atoms with van der Waals surface area (Å²) in [6.45, 7) is 2.71. The molecule has 0 aliphatic heterocycles. The van der Waals surface area contributed by atoms with Gasteiger partial charge in [-0.1, -0.05) is 24.9 Å². The van der Waals surface area contributed by atoms with Crippen LogP contribution in [0.1, 0.15) is 30.1 Å². The Balaban J connectivity index is 1.96. The maximum Gasteiger partial charge on any atom is 0.257 e. The second-order valence-electron chi connectivity index (χ2n) is 5.38. The molecule has 0 saturated carbocycles. The van der Waals surface area contributed by atoms with Crippen LogP contribution in [-0.4, -0.2) is 17.6 Å². The first-order valence-corrected chi connectivity index (χ1v) is 9.48. The lowest BCUT2D eigenvalue weighted by Gasteiger charge is -2.12. The van der Waals surface area contributed by atoms with Crippen LogP contribution in [0, 0.1) is 5.82 Å². The molecular formula is C18H17BrClFN2O2S. The van der Waals surface area contributed by atoms with Crippen molar-refractivity contribution >= 4 is 56.5 Å². The lowest BCUT2D eigenvalue weighted by Crippen LogP contribution is -2.34. The van der Waals surface area contributed by atoms with Crippen molar-refractivity contribution in [3.05, 3.63) is 57.3 Å². The van der Waals surface area contributed by atoms with E-state index in [4.69, 9.17) is 28.6 Å². The average molecular weight is 460 g/mol. The molecule has 0 saturated heterocycles. The normalized spacial score (nSPS) is 10.3. The number of ether oxygens (including phenoxy) is 1. The summed E-state index contributed by atoms with van der Waals surface area (Å²) < 4.78 is 19.5. The van der Waals surface area contributed by atoms with Crippen LogP contribution in [0.3, 0.4) is 0 Å². The largest absolute Gasteiger partial charge is 0.492 e. The molecule has 0 bridgehead atoms. The van der Waals surface area contributed by atoms with Crippen LogP contribution in [-0.2, 0) is 0 Å². The molecule has 0 unspecified atom stereocenters. The summed E-state index contributed by atoms with van der Waals surface area (Å²) in [4.78, 5) is 12.3. The van der Waals surface area contributed by atoms with Crippen molar-refractivity contribution in [2.75, 3.05) is 11.9 Å². The lowest BCUT2D eigenvalue weighted by atomic mass is 10.2. The highest BCUT2D eigenvalue weighted by Gasteiger charge is 2.11. The maximum absolute atomic E-state index is 13.2. The second kappa shape index (κ2) is 9.85. The number of rotatable bonds is 6. The number of carbonyl (C=O) groups excluding carboxylic acids is 1. The van der Waals surface area contributed by atoms with Crippen molar-refractivity contribution in [2.45, 2.75) is 19.8 Å². The monoisotopic (exact) mass is 458 g/mol. The quantitative estimate of drug-likeness (QED) is 0.439. The number of hydrogen-bond donors (Lipinski definition) is 2. The number of hydrogen-bond acceptors (Lipinski definition) is 3. The molecular weight excluding hydrogens is 443 g/mol. The van der Waals surface area contributed by atoms with Gasteiger partial charge in [-0.15, -0.1) is 0 Å². The smallest absolute Gasteiger partial charge is 0.257 e. The van der Waals surface area contributed by atoms with Crippen molar-refractivity contribution in [3.63, 3.8) is 0 Å². The standard InChI is InChI=1S/C18H17BrClFN2O2S/c1-2-3-8-25-16-7-4-11(9-13(16)19)17(24)23-18(26)22-12-5-6-15(21)14(20)10-12/h4-7,9-10H,2-3,8H2,1H3,(H2,22,23,24,26). The van der Waals surface area contributed by atoms with E-state index in [2.05, 4.69) is 33.5 Å². The van der Waals surface area contributed by atoms with Crippen molar-refractivity contribution in [2.24, 2.45) is 0 Å². The second-order valence-corrected chi connectivity index (χ2v) is 7.05. The molecule has 0 aliphatic carbocycles. The summed E-state index contributed by atoms with van der Waals surface area (Å²) in [5.41, 5.74) is 0.892. The third kappa shape index (κ3) is 5.93. The van der Waals surface area contributed by atoms with Crippen LogP contribution in [0.25, 0.3) is 0 Å². The predicted molar refractivity (Wildman–Crippen MR) is 110 cm³/mol. The van der Waals surface area contributed by atoms with Gasteiger partial charge in [-0.3, -0.25) is 10.1 Å². The molecule has 0 atom stereocenters. The topological polar surface area (TPSA) is 50.4 Å². The van der Waals surface area contributed by atoms with E-state index in [-0.39, 0.29) is 16.0 Å². The zero-order valence-corrected chi connectivity index (χ0v) is 17.1. The van der Waals surface area contributed by atoms with Crippen LogP contribution >= 0.6 is 39.7 Å². The number of thiocarbonyl (C=S) groups is 1. The highest BCUT2D eigenvalue weighted by Crippen LogP contribution is 2.26. The fourth-order valence-electron chi connectivity index (χ4n) is 2.00. The molecule has 0 heterocycles. The number of benzene rings is 2. The third-order valence-electron chi connectivity index (χ3n) is 3.35. The molecule has 2 N–H and O–H groups in total.